The van der Waals surface area contributed by atoms with E-state index in [0.717, 1.165) is 16.9 Å². The van der Waals surface area contributed by atoms with Crippen molar-refractivity contribution < 1.29 is 19.0 Å². The van der Waals surface area contributed by atoms with Crippen LogP contribution in [0.15, 0.2) is 78.9 Å². The molecule has 1 N–H and O–H groups in total. The molecule has 156 valence electrons. The Morgan fingerprint density at radius 1 is 1.03 bits per heavy atom. The normalized spacial score (nSPS) is 27.7. The minimum Gasteiger partial charge on any atom is -0.497 e. The van der Waals surface area contributed by atoms with Crippen molar-refractivity contribution in [3.8, 4) is 5.75 Å². The summed E-state index contributed by atoms with van der Waals surface area (Å²) in [5.74, 6) is 0.853. The predicted molar refractivity (Wildman–Crippen MR) is 115 cm³/mol. The fourth-order valence-corrected chi connectivity index (χ4v) is 3.99. The molecule has 0 spiro atoms. The van der Waals surface area contributed by atoms with Gasteiger partial charge in [-0.2, -0.15) is 0 Å². The van der Waals surface area contributed by atoms with E-state index in [0.29, 0.717) is 0 Å². The minimum absolute atomic E-state index is 0.132. The maximum Gasteiger partial charge on any atom is 0.337 e. The van der Waals surface area contributed by atoms with Crippen molar-refractivity contribution in [2.45, 2.75) is 31.9 Å². The Balaban J connectivity index is 1.52. The largest absolute Gasteiger partial charge is 0.497 e. The van der Waals surface area contributed by atoms with Crippen LogP contribution in [0.4, 0.5) is 0 Å². The molecule has 0 aromatic heterocycles. The molecular weight excluding hydrogens is 378 g/mol. The summed E-state index contributed by atoms with van der Waals surface area (Å²) in [6.45, 7) is 2.38. The van der Waals surface area contributed by atoms with Gasteiger partial charge >= 0.3 is 5.97 Å². The quantitative estimate of drug-likeness (QED) is 0.731. The first-order chi connectivity index (χ1) is 14.7. The summed E-state index contributed by atoms with van der Waals surface area (Å²) in [6, 6.07) is 17.2. The van der Waals surface area contributed by atoms with Crippen molar-refractivity contribution in [3.63, 3.8) is 0 Å². The van der Waals surface area contributed by atoms with Gasteiger partial charge in [-0.25, -0.2) is 4.79 Å². The summed E-state index contributed by atoms with van der Waals surface area (Å²) in [4.78, 5) is 13.0. The molecule has 5 nitrogen and oxygen atoms in total. The number of hydrogen-bond acceptors (Lipinski definition) is 5. The standard InChI is InChI=1S/C25H27NO4/c1-17-8-6-7-11-21(17)22-23(25(27)29-16-18-9-4-3-5-10-18)30-24(26-22)19-12-14-20(28-2)15-13-19/h3-15,17,21-24,26H,16H2,1-2H3/t17?,21?,22-,23+,24?/m0/s1. The molecule has 1 fully saturated rings. The van der Waals surface area contributed by atoms with E-state index >= 15 is 0 Å². The molecule has 0 radical (unpaired) electrons. The fraction of sp³-hybridized carbons (Fsp3) is 0.320. The molecule has 1 saturated heterocycles. The average molecular weight is 405 g/mol. The molecular formula is C25H27NO4. The van der Waals surface area contributed by atoms with Crippen LogP contribution in [0.2, 0.25) is 0 Å². The van der Waals surface area contributed by atoms with Crippen LogP contribution in [0, 0.1) is 11.8 Å². The molecule has 3 unspecified atom stereocenters. The molecule has 0 bridgehead atoms. The molecule has 30 heavy (non-hydrogen) atoms. The van der Waals surface area contributed by atoms with E-state index in [-0.39, 0.29) is 36.7 Å². The molecule has 0 amide bonds. The van der Waals surface area contributed by atoms with Gasteiger partial charge in [0.05, 0.1) is 13.2 Å². The van der Waals surface area contributed by atoms with Gasteiger partial charge in [-0.05, 0) is 29.2 Å². The molecule has 4 rings (SSSR count). The Labute approximate surface area is 177 Å². The highest BCUT2D eigenvalue weighted by Crippen LogP contribution is 2.35. The second kappa shape index (κ2) is 9.28. The van der Waals surface area contributed by atoms with Crippen molar-refractivity contribution in [1.82, 2.24) is 5.32 Å². The van der Waals surface area contributed by atoms with Crippen LogP contribution in [0.3, 0.4) is 0 Å². The Hall–Kier alpha value is -2.89. The van der Waals surface area contributed by atoms with Gasteiger partial charge < -0.3 is 14.2 Å². The molecule has 2 aliphatic rings. The lowest BCUT2D eigenvalue weighted by Gasteiger charge is -2.29. The van der Waals surface area contributed by atoms with E-state index in [1.807, 2.05) is 66.7 Å². The second-order valence-corrected chi connectivity index (χ2v) is 7.70. The molecule has 2 aromatic rings. The zero-order valence-electron chi connectivity index (χ0n) is 17.2. The third-order valence-corrected chi connectivity index (χ3v) is 5.71. The van der Waals surface area contributed by atoms with E-state index in [2.05, 4.69) is 24.4 Å². The highest BCUT2D eigenvalue weighted by Gasteiger charge is 2.45. The predicted octanol–water partition coefficient (Wildman–Crippen LogP) is 4.17. The number of rotatable bonds is 6. The van der Waals surface area contributed by atoms with Crippen LogP contribution in [0.25, 0.3) is 0 Å². The number of carbonyl (C=O) groups excluding carboxylic acids is 1. The van der Waals surface area contributed by atoms with E-state index in [1.54, 1.807) is 7.11 Å². The summed E-state index contributed by atoms with van der Waals surface area (Å²) in [7, 11) is 1.64. The average Bonchev–Trinajstić information content (AvgIpc) is 3.24. The zero-order chi connectivity index (χ0) is 20.9. The van der Waals surface area contributed by atoms with Crippen LogP contribution >= 0.6 is 0 Å². The SMILES string of the molecule is COc1ccc(C2N[C@@H](C3C=CC=CC3C)[C@H](C(=O)OCc3ccccc3)O2)cc1. The molecule has 1 aliphatic carbocycles. The molecule has 2 aromatic carbocycles. The summed E-state index contributed by atoms with van der Waals surface area (Å²) in [5, 5.41) is 3.53. The topological polar surface area (TPSA) is 56.8 Å². The summed E-state index contributed by atoms with van der Waals surface area (Å²) in [5.41, 5.74) is 1.90. The highest BCUT2D eigenvalue weighted by molar-refractivity contribution is 5.76. The van der Waals surface area contributed by atoms with Gasteiger partial charge in [0, 0.05) is 5.92 Å². The van der Waals surface area contributed by atoms with Crippen molar-refractivity contribution in [2.24, 2.45) is 11.8 Å². The van der Waals surface area contributed by atoms with Crippen molar-refractivity contribution in [2.75, 3.05) is 7.11 Å². The molecule has 1 heterocycles. The van der Waals surface area contributed by atoms with E-state index in [1.165, 1.54) is 0 Å². The molecule has 0 saturated carbocycles. The number of hydrogen-bond donors (Lipinski definition) is 1. The lowest BCUT2D eigenvalue weighted by atomic mass is 9.82. The van der Waals surface area contributed by atoms with Crippen molar-refractivity contribution >= 4 is 5.97 Å². The van der Waals surface area contributed by atoms with Crippen molar-refractivity contribution in [3.05, 3.63) is 90.0 Å². The lowest BCUT2D eigenvalue weighted by molar-refractivity contribution is -0.159. The fourth-order valence-electron chi connectivity index (χ4n) is 3.99. The summed E-state index contributed by atoms with van der Waals surface area (Å²) in [6.07, 6.45) is 7.28. The number of allylic oxidation sites excluding steroid dienone is 3. The number of benzene rings is 2. The first-order valence-corrected chi connectivity index (χ1v) is 10.3. The monoisotopic (exact) mass is 405 g/mol. The van der Waals surface area contributed by atoms with Crippen molar-refractivity contribution in [1.29, 1.82) is 0 Å². The molecule has 1 aliphatic heterocycles. The number of carbonyl (C=O) groups is 1. The zero-order valence-corrected chi connectivity index (χ0v) is 17.2. The van der Waals surface area contributed by atoms with Gasteiger partial charge in [-0.3, -0.25) is 5.32 Å². The first kappa shape index (κ1) is 20.4. The van der Waals surface area contributed by atoms with Gasteiger partial charge in [-0.1, -0.05) is 73.7 Å². The van der Waals surface area contributed by atoms with Gasteiger partial charge in [0.15, 0.2) is 6.10 Å². The number of nitrogens with one attached hydrogen (secondary N) is 1. The lowest BCUT2D eigenvalue weighted by Crippen LogP contribution is -2.44. The van der Waals surface area contributed by atoms with E-state index in [4.69, 9.17) is 14.2 Å². The van der Waals surface area contributed by atoms with Crippen LogP contribution in [-0.2, 0) is 20.9 Å². The Morgan fingerprint density at radius 2 is 1.77 bits per heavy atom. The van der Waals surface area contributed by atoms with Crippen LogP contribution in [-0.4, -0.2) is 25.2 Å². The summed E-state index contributed by atoms with van der Waals surface area (Å²) >= 11 is 0. The number of ether oxygens (including phenoxy) is 3. The Morgan fingerprint density at radius 3 is 2.47 bits per heavy atom. The third-order valence-electron chi connectivity index (χ3n) is 5.71. The van der Waals surface area contributed by atoms with E-state index in [9.17, 15) is 4.79 Å². The first-order valence-electron chi connectivity index (χ1n) is 10.3. The van der Waals surface area contributed by atoms with Crippen LogP contribution < -0.4 is 10.1 Å². The minimum atomic E-state index is -0.690. The Kier molecular flexibility index (Phi) is 6.31. The van der Waals surface area contributed by atoms with E-state index < -0.39 is 6.10 Å². The van der Waals surface area contributed by atoms with Gasteiger partial charge in [-0.15, -0.1) is 0 Å². The molecule has 5 atom stereocenters. The maximum atomic E-state index is 13.0. The van der Waals surface area contributed by atoms with Gasteiger partial charge in [0.25, 0.3) is 0 Å². The Bertz CT molecular complexity index is 907. The third kappa shape index (κ3) is 4.48. The van der Waals surface area contributed by atoms with Gasteiger partial charge in [0.1, 0.15) is 18.6 Å². The number of methoxy groups -OCH3 is 1. The number of esters is 1. The summed E-state index contributed by atoms with van der Waals surface area (Å²) < 4.78 is 17.1. The van der Waals surface area contributed by atoms with Crippen LogP contribution in [0.1, 0.15) is 24.3 Å². The van der Waals surface area contributed by atoms with Crippen LogP contribution in [0.5, 0.6) is 5.75 Å². The second-order valence-electron chi connectivity index (χ2n) is 7.70. The smallest absolute Gasteiger partial charge is 0.337 e. The maximum absolute atomic E-state index is 13.0. The molecule has 5 heteroatoms. The highest BCUT2D eigenvalue weighted by atomic mass is 16.6. The van der Waals surface area contributed by atoms with Gasteiger partial charge in [0.2, 0.25) is 0 Å².